The van der Waals surface area contributed by atoms with E-state index in [4.69, 9.17) is 15.0 Å². The number of nitrogens with two attached hydrogens (primary N) is 1. The van der Waals surface area contributed by atoms with Gasteiger partial charge in [0.25, 0.3) is 0 Å². The molecular formula is C16H26N2O2. The summed E-state index contributed by atoms with van der Waals surface area (Å²) >= 11 is 0. The molecule has 0 aromatic carbocycles. The molecule has 0 bridgehead atoms. The van der Waals surface area contributed by atoms with Crippen molar-refractivity contribution in [3.8, 4) is 0 Å². The Labute approximate surface area is 121 Å². The molecule has 20 heavy (non-hydrogen) atoms. The highest BCUT2D eigenvalue weighted by atomic mass is 16.7. The quantitative estimate of drug-likeness (QED) is 0.857. The van der Waals surface area contributed by atoms with Gasteiger partial charge in [-0.3, -0.25) is 0 Å². The van der Waals surface area contributed by atoms with Gasteiger partial charge < -0.3 is 15.0 Å². The third-order valence-corrected chi connectivity index (χ3v) is 3.70. The van der Waals surface area contributed by atoms with Crippen LogP contribution >= 0.6 is 0 Å². The Morgan fingerprint density at radius 2 is 2.00 bits per heavy atom. The molecule has 1 aliphatic heterocycles. The maximum Gasteiger partial charge on any atom is 0.207 e. The topological polar surface area (TPSA) is 51.6 Å². The molecule has 0 radical (unpaired) electrons. The molecule has 0 aliphatic carbocycles. The lowest BCUT2D eigenvalue weighted by Crippen LogP contribution is -2.32. The number of hydrogen-bond acceptors (Lipinski definition) is 4. The second-order valence-electron chi connectivity index (χ2n) is 6.09. The third kappa shape index (κ3) is 3.57. The zero-order valence-corrected chi connectivity index (χ0v) is 12.9. The van der Waals surface area contributed by atoms with Crippen LogP contribution in [0, 0.1) is 12.8 Å². The maximum absolute atomic E-state index is 5.83. The summed E-state index contributed by atoms with van der Waals surface area (Å²) in [6.07, 6.45) is 5.45. The Bertz CT molecular complexity index is 465. The van der Waals surface area contributed by atoms with Gasteiger partial charge in [0, 0.05) is 12.1 Å². The lowest BCUT2D eigenvalue weighted by molar-refractivity contribution is -0.153. The Hall–Kier alpha value is -1.42. The van der Waals surface area contributed by atoms with Crippen molar-refractivity contribution in [2.75, 3.05) is 0 Å². The van der Waals surface area contributed by atoms with Gasteiger partial charge in [-0.1, -0.05) is 26.7 Å². The second kappa shape index (κ2) is 6.35. The van der Waals surface area contributed by atoms with E-state index in [0.29, 0.717) is 11.9 Å². The van der Waals surface area contributed by atoms with Crippen LogP contribution in [0.1, 0.15) is 57.6 Å². The van der Waals surface area contributed by atoms with Crippen molar-refractivity contribution in [1.82, 2.24) is 5.06 Å². The largest absolute Gasteiger partial charge is 0.464 e. The summed E-state index contributed by atoms with van der Waals surface area (Å²) in [7, 11) is 0. The van der Waals surface area contributed by atoms with Crippen LogP contribution in [-0.4, -0.2) is 11.1 Å². The van der Waals surface area contributed by atoms with Gasteiger partial charge in [-0.25, -0.2) is 0 Å². The lowest BCUT2D eigenvalue weighted by atomic mass is 10.0. The van der Waals surface area contributed by atoms with E-state index in [-0.39, 0.29) is 6.04 Å². The van der Waals surface area contributed by atoms with Gasteiger partial charge in [-0.15, -0.1) is 5.06 Å². The van der Waals surface area contributed by atoms with Crippen molar-refractivity contribution >= 4 is 0 Å². The molecule has 4 nitrogen and oxygen atoms in total. The molecule has 0 amide bonds. The maximum atomic E-state index is 5.83. The monoisotopic (exact) mass is 278 g/mol. The van der Waals surface area contributed by atoms with E-state index in [2.05, 4.69) is 20.8 Å². The average molecular weight is 278 g/mol. The van der Waals surface area contributed by atoms with Crippen LogP contribution in [0.15, 0.2) is 28.5 Å². The summed E-state index contributed by atoms with van der Waals surface area (Å²) in [4.78, 5) is 5.67. The first-order valence-corrected chi connectivity index (χ1v) is 7.47. The molecule has 112 valence electrons. The van der Waals surface area contributed by atoms with E-state index in [1.54, 1.807) is 0 Å². The molecule has 2 unspecified atom stereocenters. The Morgan fingerprint density at radius 3 is 2.60 bits per heavy atom. The zero-order chi connectivity index (χ0) is 14.7. The number of nitrogens with zero attached hydrogens (tertiary/aromatic N) is 1. The predicted octanol–water partition coefficient (Wildman–Crippen LogP) is 3.89. The molecule has 0 saturated carbocycles. The highest BCUT2D eigenvalue weighted by Gasteiger charge is 2.33. The molecule has 1 aliphatic rings. The van der Waals surface area contributed by atoms with Gasteiger partial charge in [-0.2, -0.15) is 0 Å². The fraction of sp³-hybridized carbons (Fsp3) is 0.625. The van der Waals surface area contributed by atoms with E-state index in [0.717, 1.165) is 23.9 Å². The highest BCUT2D eigenvalue weighted by molar-refractivity contribution is 5.18. The van der Waals surface area contributed by atoms with E-state index in [1.165, 1.54) is 12.8 Å². The van der Waals surface area contributed by atoms with Gasteiger partial charge in [-0.05, 0) is 38.3 Å². The van der Waals surface area contributed by atoms with Crippen LogP contribution in [-0.2, 0) is 4.84 Å². The Kier molecular flexibility index (Phi) is 4.76. The summed E-state index contributed by atoms with van der Waals surface area (Å²) in [5.74, 6) is 3.00. The van der Waals surface area contributed by atoms with Crippen LogP contribution in [0.5, 0.6) is 0 Å². The molecule has 0 spiro atoms. The van der Waals surface area contributed by atoms with Crippen LogP contribution in [0.2, 0.25) is 0 Å². The fourth-order valence-corrected chi connectivity index (χ4v) is 2.57. The van der Waals surface area contributed by atoms with Crippen molar-refractivity contribution < 1.29 is 9.25 Å². The summed E-state index contributed by atoms with van der Waals surface area (Å²) < 4.78 is 5.72. The van der Waals surface area contributed by atoms with Gasteiger partial charge in [0.05, 0.1) is 0 Å². The van der Waals surface area contributed by atoms with Gasteiger partial charge in [0.2, 0.25) is 5.88 Å². The van der Waals surface area contributed by atoms with Crippen molar-refractivity contribution in [3.05, 3.63) is 35.6 Å². The average Bonchev–Trinajstić information content (AvgIpc) is 2.94. The normalized spacial score (nSPS) is 21.1. The number of aryl methyl sites for hydroxylation is 1. The third-order valence-electron chi connectivity index (χ3n) is 3.70. The minimum absolute atomic E-state index is 0.0160. The molecule has 0 saturated heterocycles. The standard InChI is InChI=1S/C16H26N2O2/c1-11(2)6-5-7-12(3)18-14(10-16(17)20-18)15-9-8-13(4)19-15/h8-12,14H,5-7,17H2,1-4H3. The summed E-state index contributed by atoms with van der Waals surface area (Å²) in [5.41, 5.74) is 5.83. The molecule has 2 N–H and O–H groups in total. The van der Waals surface area contributed by atoms with Crippen LogP contribution < -0.4 is 5.73 Å². The summed E-state index contributed by atoms with van der Waals surface area (Å²) in [6, 6.07) is 4.25. The molecule has 2 rings (SSSR count). The van der Waals surface area contributed by atoms with Gasteiger partial charge in [0.1, 0.15) is 17.6 Å². The molecule has 1 aromatic rings. The van der Waals surface area contributed by atoms with E-state index < -0.39 is 0 Å². The Balaban J connectivity index is 1.99. The van der Waals surface area contributed by atoms with Crippen LogP contribution in [0.3, 0.4) is 0 Å². The number of furan rings is 1. The van der Waals surface area contributed by atoms with Crippen molar-refractivity contribution in [2.24, 2.45) is 11.7 Å². The molecule has 0 fully saturated rings. The predicted molar refractivity (Wildman–Crippen MR) is 79.5 cm³/mol. The van der Waals surface area contributed by atoms with Gasteiger partial charge >= 0.3 is 0 Å². The molecule has 2 heterocycles. The number of hydroxylamine groups is 2. The van der Waals surface area contributed by atoms with Crippen molar-refractivity contribution in [1.29, 1.82) is 0 Å². The lowest BCUT2D eigenvalue weighted by Gasteiger charge is -2.27. The molecule has 1 aromatic heterocycles. The van der Waals surface area contributed by atoms with E-state index in [1.807, 2.05) is 30.2 Å². The van der Waals surface area contributed by atoms with Crippen molar-refractivity contribution in [3.63, 3.8) is 0 Å². The minimum atomic E-state index is -0.0160. The molecule has 4 heteroatoms. The van der Waals surface area contributed by atoms with Crippen LogP contribution in [0.4, 0.5) is 0 Å². The van der Waals surface area contributed by atoms with Crippen molar-refractivity contribution in [2.45, 2.75) is 59.0 Å². The Morgan fingerprint density at radius 1 is 1.25 bits per heavy atom. The van der Waals surface area contributed by atoms with E-state index in [9.17, 15) is 0 Å². The van der Waals surface area contributed by atoms with Crippen LogP contribution in [0.25, 0.3) is 0 Å². The van der Waals surface area contributed by atoms with E-state index >= 15 is 0 Å². The minimum Gasteiger partial charge on any atom is -0.464 e. The number of hydrogen-bond donors (Lipinski definition) is 1. The summed E-state index contributed by atoms with van der Waals surface area (Å²) in [6.45, 7) is 8.63. The SMILES string of the molecule is Cc1ccc(C2C=C(N)ON2C(C)CCCC(C)C)o1. The summed E-state index contributed by atoms with van der Waals surface area (Å²) in [5, 5.41) is 1.95. The fourth-order valence-electron chi connectivity index (χ4n) is 2.57. The first-order chi connectivity index (χ1) is 9.47. The second-order valence-corrected chi connectivity index (χ2v) is 6.09. The van der Waals surface area contributed by atoms with Gasteiger partial charge in [0.15, 0.2) is 0 Å². The molecule has 2 atom stereocenters. The number of rotatable bonds is 6. The first-order valence-electron chi connectivity index (χ1n) is 7.47. The first kappa shape index (κ1) is 15.0. The molecular weight excluding hydrogens is 252 g/mol. The zero-order valence-electron chi connectivity index (χ0n) is 12.9. The smallest absolute Gasteiger partial charge is 0.207 e. The highest BCUT2D eigenvalue weighted by Crippen LogP contribution is 2.33.